The summed E-state index contributed by atoms with van der Waals surface area (Å²) in [4.78, 5) is 4.16. The quantitative estimate of drug-likeness (QED) is 0.676. The number of pyridine rings is 1. The smallest absolute Gasteiger partial charge is 0.213 e. The second kappa shape index (κ2) is 5.50. The maximum Gasteiger partial charge on any atom is 0.213 e. The molecule has 4 heteroatoms. The highest BCUT2D eigenvalue weighted by atomic mass is 16.5. The largest absolute Gasteiger partial charge is 0.475 e. The van der Waals surface area contributed by atoms with Gasteiger partial charge in [0.1, 0.15) is 6.61 Å². The van der Waals surface area contributed by atoms with Crippen LogP contribution >= 0.6 is 0 Å². The Morgan fingerprint density at radius 2 is 2.23 bits per heavy atom. The van der Waals surface area contributed by atoms with E-state index in [1.54, 1.807) is 13.2 Å². The van der Waals surface area contributed by atoms with E-state index >= 15 is 0 Å². The molecule has 0 aliphatic rings. The molecule has 0 radical (unpaired) electrons. The van der Waals surface area contributed by atoms with Crippen molar-refractivity contribution in [1.29, 1.82) is 0 Å². The first-order valence-electron chi connectivity index (χ1n) is 4.14. The van der Waals surface area contributed by atoms with Crippen molar-refractivity contribution < 1.29 is 9.47 Å². The fourth-order valence-electron chi connectivity index (χ4n) is 0.881. The van der Waals surface area contributed by atoms with Crippen LogP contribution < -0.4 is 10.5 Å². The highest BCUT2D eigenvalue weighted by molar-refractivity contribution is 5.15. The number of aromatic nitrogens is 1. The standard InChI is InChI=1S/C9H14N2O2/c1-12-5-6-13-9-4-2-3-8(7-10)11-9/h2-4H,5-7,10H2,1H3. The van der Waals surface area contributed by atoms with Gasteiger partial charge in [-0.25, -0.2) is 4.98 Å². The van der Waals surface area contributed by atoms with Gasteiger partial charge in [0.15, 0.2) is 0 Å². The van der Waals surface area contributed by atoms with E-state index in [4.69, 9.17) is 15.2 Å². The molecule has 4 nitrogen and oxygen atoms in total. The molecule has 0 aliphatic heterocycles. The summed E-state index contributed by atoms with van der Waals surface area (Å²) in [5, 5.41) is 0. The molecule has 1 heterocycles. The van der Waals surface area contributed by atoms with Crippen molar-refractivity contribution in [2.24, 2.45) is 5.73 Å². The van der Waals surface area contributed by atoms with Crippen LogP contribution in [-0.4, -0.2) is 25.3 Å². The fourth-order valence-corrected chi connectivity index (χ4v) is 0.881. The Labute approximate surface area is 77.7 Å². The van der Waals surface area contributed by atoms with E-state index in [0.717, 1.165) is 5.69 Å². The van der Waals surface area contributed by atoms with E-state index in [2.05, 4.69) is 4.98 Å². The molecule has 1 rings (SSSR count). The summed E-state index contributed by atoms with van der Waals surface area (Å²) in [5.74, 6) is 0.597. The molecule has 2 N–H and O–H groups in total. The van der Waals surface area contributed by atoms with Gasteiger partial charge in [-0.05, 0) is 6.07 Å². The predicted octanol–water partition coefficient (Wildman–Crippen LogP) is 0.566. The molecule has 0 atom stereocenters. The molecule has 0 unspecified atom stereocenters. The number of nitrogens with two attached hydrogens (primary N) is 1. The van der Waals surface area contributed by atoms with Crippen LogP contribution in [0.1, 0.15) is 5.69 Å². The van der Waals surface area contributed by atoms with E-state index in [-0.39, 0.29) is 0 Å². The Morgan fingerprint density at radius 3 is 2.92 bits per heavy atom. The second-order valence-corrected chi connectivity index (χ2v) is 2.51. The lowest BCUT2D eigenvalue weighted by Crippen LogP contribution is -2.07. The van der Waals surface area contributed by atoms with Crippen LogP contribution in [0.2, 0.25) is 0 Å². The third kappa shape index (κ3) is 3.40. The summed E-state index contributed by atoms with van der Waals surface area (Å²) >= 11 is 0. The van der Waals surface area contributed by atoms with Crippen LogP contribution in [-0.2, 0) is 11.3 Å². The molecular formula is C9H14N2O2. The molecule has 0 spiro atoms. The van der Waals surface area contributed by atoms with Gasteiger partial charge in [0.2, 0.25) is 5.88 Å². The summed E-state index contributed by atoms with van der Waals surface area (Å²) in [6, 6.07) is 5.54. The van der Waals surface area contributed by atoms with Gasteiger partial charge in [-0.15, -0.1) is 0 Å². The van der Waals surface area contributed by atoms with E-state index in [0.29, 0.717) is 25.6 Å². The first kappa shape index (κ1) is 9.95. The van der Waals surface area contributed by atoms with Gasteiger partial charge >= 0.3 is 0 Å². The van der Waals surface area contributed by atoms with E-state index < -0.39 is 0 Å². The van der Waals surface area contributed by atoms with Gasteiger partial charge in [0.05, 0.1) is 12.3 Å². The Bertz CT molecular complexity index is 253. The summed E-state index contributed by atoms with van der Waals surface area (Å²) in [7, 11) is 1.63. The zero-order chi connectivity index (χ0) is 9.52. The van der Waals surface area contributed by atoms with Crippen molar-refractivity contribution in [1.82, 2.24) is 4.98 Å². The first-order chi connectivity index (χ1) is 6.36. The summed E-state index contributed by atoms with van der Waals surface area (Å²) in [6.45, 7) is 1.51. The topological polar surface area (TPSA) is 57.4 Å². The lowest BCUT2D eigenvalue weighted by molar-refractivity contribution is 0.143. The maximum absolute atomic E-state index is 5.43. The highest BCUT2D eigenvalue weighted by Crippen LogP contribution is 2.06. The van der Waals surface area contributed by atoms with Crippen LogP contribution in [0.5, 0.6) is 5.88 Å². The predicted molar refractivity (Wildman–Crippen MR) is 49.5 cm³/mol. The average Bonchev–Trinajstić information content (AvgIpc) is 2.19. The van der Waals surface area contributed by atoms with E-state index in [9.17, 15) is 0 Å². The number of rotatable bonds is 5. The van der Waals surface area contributed by atoms with Gasteiger partial charge in [-0.3, -0.25) is 0 Å². The van der Waals surface area contributed by atoms with E-state index in [1.807, 2.05) is 12.1 Å². The lowest BCUT2D eigenvalue weighted by atomic mass is 10.3. The van der Waals surface area contributed by atoms with Gasteiger partial charge in [0, 0.05) is 19.7 Å². The second-order valence-electron chi connectivity index (χ2n) is 2.51. The zero-order valence-electron chi connectivity index (χ0n) is 7.69. The normalized spacial score (nSPS) is 10.0. The van der Waals surface area contributed by atoms with Crippen molar-refractivity contribution in [2.75, 3.05) is 20.3 Å². The maximum atomic E-state index is 5.43. The number of hydrogen-bond acceptors (Lipinski definition) is 4. The molecule has 0 amide bonds. The van der Waals surface area contributed by atoms with Gasteiger partial charge in [0.25, 0.3) is 0 Å². The van der Waals surface area contributed by atoms with Crippen LogP contribution in [0.15, 0.2) is 18.2 Å². The lowest BCUT2D eigenvalue weighted by Gasteiger charge is -2.04. The number of hydrogen-bond donors (Lipinski definition) is 1. The van der Waals surface area contributed by atoms with E-state index in [1.165, 1.54) is 0 Å². The molecule has 72 valence electrons. The fraction of sp³-hybridized carbons (Fsp3) is 0.444. The first-order valence-corrected chi connectivity index (χ1v) is 4.14. The van der Waals surface area contributed by atoms with Gasteiger partial charge in [-0.1, -0.05) is 6.07 Å². The summed E-state index contributed by atoms with van der Waals surface area (Å²) in [5.41, 5.74) is 6.26. The Morgan fingerprint density at radius 1 is 1.38 bits per heavy atom. The average molecular weight is 182 g/mol. The van der Waals surface area contributed by atoms with Crippen LogP contribution in [0.25, 0.3) is 0 Å². The number of methoxy groups -OCH3 is 1. The van der Waals surface area contributed by atoms with Crippen LogP contribution in [0.3, 0.4) is 0 Å². The Hall–Kier alpha value is -1.13. The Kier molecular flexibility index (Phi) is 4.21. The molecule has 0 aliphatic carbocycles. The van der Waals surface area contributed by atoms with Gasteiger partial charge < -0.3 is 15.2 Å². The zero-order valence-corrected chi connectivity index (χ0v) is 7.69. The molecule has 1 aromatic heterocycles. The molecule has 1 aromatic rings. The van der Waals surface area contributed by atoms with Crippen LogP contribution in [0, 0.1) is 0 Å². The molecule has 13 heavy (non-hydrogen) atoms. The number of nitrogens with zero attached hydrogens (tertiary/aromatic N) is 1. The molecule has 0 saturated carbocycles. The van der Waals surface area contributed by atoms with Crippen molar-refractivity contribution in [3.8, 4) is 5.88 Å². The molecular weight excluding hydrogens is 168 g/mol. The van der Waals surface area contributed by atoms with Crippen molar-refractivity contribution in [3.63, 3.8) is 0 Å². The van der Waals surface area contributed by atoms with Crippen molar-refractivity contribution in [3.05, 3.63) is 23.9 Å². The monoisotopic (exact) mass is 182 g/mol. The van der Waals surface area contributed by atoms with Gasteiger partial charge in [-0.2, -0.15) is 0 Å². The number of ether oxygens (including phenoxy) is 2. The minimum absolute atomic E-state index is 0.432. The molecule has 0 saturated heterocycles. The Balaban J connectivity index is 2.46. The highest BCUT2D eigenvalue weighted by Gasteiger charge is 1.96. The molecule has 0 aromatic carbocycles. The third-order valence-electron chi connectivity index (χ3n) is 1.53. The van der Waals surface area contributed by atoms with Crippen molar-refractivity contribution in [2.45, 2.75) is 6.54 Å². The molecule has 0 fully saturated rings. The summed E-state index contributed by atoms with van der Waals surface area (Å²) < 4.78 is 10.1. The molecule has 0 bridgehead atoms. The third-order valence-corrected chi connectivity index (χ3v) is 1.53. The van der Waals surface area contributed by atoms with Crippen molar-refractivity contribution >= 4 is 0 Å². The summed E-state index contributed by atoms with van der Waals surface area (Å²) in [6.07, 6.45) is 0. The minimum Gasteiger partial charge on any atom is -0.475 e. The SMILES string of the molecule is COCCOc1cccc(CN)n1. The minimum atomic E-state index is 0.432. The van der Waals surface area contributed by atoms with Crippen LogP contribution in [0.4, 0.5) is 0 Å².